The van der Waals surface area contributed by atoms with E-state index >= 15 is 0 Å². The van der Waals surface area contributed by atoms with Crippen LogP contribution in [0.1, 0.15) is 48.0 Å². The standard InChI is InChI=1S/C23H28N4O2/c1-29-13-7-11-20-10-5-6-12-27(20)23(28)19-14-21-22(24-15-19)26(17-25-21)16-18-8-3-2-4-9-18/h2-4,8-9,14-15,17,20H,5-7,10-13,16H2,1H3. The third-order valence-electron chi connectivity index (χ3n) is 5.67. The molecule has 1 aromatic carbocycles. The van der Waals surface area contributed by atoms with Gasteiger partial charge in [-0.15, -0.1) is 0 Å². The number of aromatic nitrogens is 3. The molecule has 0 N–H and O–H groups in total. The van der Waals surface area contributed by atoms with Gasteiger partial charge in [0, 0.05) is 32.5 Å². The first kappa shape index (κ1) is 19.6. The zero-order valence-corrected chi connectivity index (χ0v) is 17.0. The number of fused-ring (bicyclic) bond motifs is 1. The van der Waals surface area contributed by atoms with Crippen LogP contribution in [0.3, 0.4) is 0 Å². The van der Waals surface area contributed by atoms with Crippen LogP contribution in [0.2, 0.25) is 0 Å². The molecule has 3 heterocycles. The smallest absolute Gasteiger partial charge is 0.255 e. The summed E-state index contributed by atoms with van der Waals surface area (Å²) < 4.78 is 7.20. The number of benzene rings is 1. The largest absolute Gasteiger partial charge is 0.385 e. The Morgan fingerprint density at radius 2 is 2.07 bits per heavy atom. The number of imidazole rings is 1. The SMILES string of the molecule is COCCCC1CCCCN1C(=O)c1cnc2c(c1)ncn2Cc1ccccc1. The number of amides is 1. The van der Waals surface area contributed by atoms with Gasteiger partial charge in [-0.1, -0.05) is 30.3 Å². The lowest BCUT2D eigenvalue weighted by Crippen LogP contribution is -2.43. The van der Waals surface area contributed by atoms with Crippen LogP contribution in [-0.4, -0.2) is 51.6 Å². The van der Waals surface area contributed by atoms with Gasteiger partial charge >= 0.3 is 0 Å². The Labute approximate surface area is 171 Å². The highest BCUT2D eigenvalue weighted by atomic mass is 16.5. The third-order valence-corrected chi connectivity index (χ3v) is 5.67. The van der Waals surface area contributed by atoms with E-state index in [1.807, 2.05) is 33.7 Å². The summed E-state index contributed by atoms with van der Waals surface area (Å²) in [4.78, 5) is 24.3. The number of methoxy groups -OCH3 is 1. The van der Waals surface area contributed by atoms with Crippen molar-refractivity contribution in [3.05, 3.63) is 60.0 Å². The van der Waals surface area contributed by atoms with Gasteiger partial charge in [0.1, 0.15) is 5.52 Å². The van der Waals surface area contributed by atoms with Crippen molar-refractivity contribution in [3.8, 4) is 0 Å². The Hall–Kier alpha value is -2.73. The first-order valence-corrected chi connectivity index (χ1v) is 10.4. The molecule has 1 saturated heterocycles. The maximum absolute atomic E-state index is 13.2. The van der Waals surface area contributed by atoms with Crippen molar-refractivity contribution in [2.45, 2.75) is 44.7 Å². The molecule has 1 atom stereocenters. The van der Waals surface area contributed by atoms with Crippen LogP contribution in [0.5, 0.6) is 0 Å². The second-order valence-electron chi connectivity index (χ2n) is 7.71. The van der Waals surface area contributed by atoms with Crippen LogP contribution in [0.15, 0.2) is 48.9 Å². The van der Waals surface area contributed by atoms with E-state index in [1.165, 1.54) is 12.0 Å². The van der Waals surface area contributed by atoms with Crippen molar-refractivity contribution < 1.29 is 9.53 Å². The molecule has 4 rings (SSSR count). The highest BCUT2D eigenvalue weighted by Gasteiger charge is 2.27. The molecule has 0 aliphatic carbocycles. The summed E-state index contributed by atoms with van der Waals surface area (Å²) in [5.74, 6) is 0.0686. The molecule has 2 aromatic heterocycles. The average Bonchev–Trinajstić information content (AvgIpc) is 3.16. The molecule has 1 aliphatic rings. The van der Waals surface area contributed by atoms with Crippen LogP contribution >= 0.6 is 0 Å². The summed E-state index contributed by atoms with van der Waals surface area (Å²) in [7, 11) is 1.72. The highest BCUT2D eigenvalue weighted by Crippen LogP contribution is 2.24. The van der Waals surface area contributed by atoms with Crippen LogP contribution < -0.4 is 0 Å². The molecule has 0 bridgehead atoms. The predicted octanol–water partition coefficient (Wildman–Crippen LogP) is 3.90. The molecular formula is C23H28N4O2. The maximum Gasteiger partial charge on any atom is 0.255 e. The topological polar surface area (TPSA) is 60.2 Å². The lowest BCUT2D eigenvalue weighted by molar-refractivity contribution is 0.0585. The number of nitrogens with zero attached hydrogens (tertiary/aromatic N) is 4. The number of ether oxygens (including phenoxy) is 1. The Morgan fingerprint density at radius 1 is 1.21 bits per heavy atom. The molecule has 0 spiro atoms. The second kappa shape index (κ2) is 9.18. The molecule has 1 aliphatic heterocycles. The molecule has 6 nitrogen and oxygen atoms in total. The van der Waals surface area contributed by atoms with Crippen molar-refractivity contribution in [1.29, 1.82) is 0 Å². The van der Waals surface area contributed by atoms with E-state index in [1.54, 1.807) is 19.6 Å². The number of carbonyl (C=O) groups is 1. The van der Waals surface area contributed by atoms with E-state index in [9.17, 15) is 4.79 Å². The van der Waals surface area contributed by atoms with Gasteiger partial charge in [-0.05, 0) is 43.7 Å². The van der Waals surface area contributed by atoms with E-state index in [0.29, 0.717) is 12.1 Å². The maximum atomic E-state index is 13.2. The highest BCUT2D eigenvalue weighted by molar-refractivity contribution is 5.96. The summed E-state index contributed by atoms with van der Waals surface area (Å²) in [5.41, 5.74) is 3.39. The first-order valence-electron chi connectivity index (χ1n) is 10.4. The Morgan fingerprint density at radius 3 is 2.90 bits per heavy atom. The number of likely N-dealkylation sites (tertiary alicyclic amines) is 1. The average molecular weight is 393 g/mol. The van der Waals surface area contributed by atoms with E-state index in [2.05, 4.69) is 22.1 Å². The van der Waals surface area contributed by atoms with E-state index in [4.69, 9.17) is 4.74 Å². The summed E-state index contributed by atoms with van der Waals surface area (Å²) >= 11 is 0. The van der Waals surface area contributed by atoms with Gasteiger partial charge in [-0.2, -0.15) is 0 Å². The third kappa shape index (κ3) is 4.48. The fraction of sp³-hybridized carbons (Fsp3) is 0.435. The number of hydrogen-bond acceptors (Lipinski definition) is 4. The van der Waals surface area contributed by atoms with Crippen LogP contribution in [0, 0.1) is 0 Å². The number of pyridine rings is 1. The molecule has 152 valence electrons. The van der Waals surface area contributed by atoms with Crippen molar-refractivity contribution in [3.63, 3.8) is 0 Å². The van der Waals surface area contributed by atoms with Gasteiger partial charge in [0.05, 0.1) is 18.4 Å². The van der Waals surface area contributed by atoms with Gasteiger partial charge in [0.15, 0.2) is 5.65 Å². The van der Waals surface area contributed by atoms with Crippen molar-refractivity contribution >= 4 is 17.1 Å². The van der Waals surface area contributed by atoms with Crippen LogP contribution in [0.4, 0.5) is 0 Å². The molecule has 0 radical (unpaired) electrons. The van der Waals surface area contributed by atoms with Crippen LogP contribution in [0.25, 0.3) is 11.2 Å². The van der Waals surface area contributed by atoms with Gasteiger partial charge < -0.3 is 14.2 Å². The lowest BCUT2D eigenvalue weighted by atomic mass is 9.97. The minimum absolute atomic E-state index is 0.0686. The summed E-state index contributed by atoms with van der Waals surface area (Å²) in [6, 6.07) is 12.4. The Kier molecular flexibility index (Phi) is 6.20. The monoisotopic (exact) mass is 392 g/mol. The minimum atomic E-state index is 0.0686. The zero-order valence-electron chi connectivity index (χ0n) is 17.0. The van der Waals surface area contributed by atoms with E-state index in [0.717, 1.165) is 50.0 Å². The summed E-state index contributed by atoms with van der Waals surface area (Å²) in [5, 5.41) is 0. The van der Waals surface area contributed by atoms with E-state index in [-0.39, 0.29) is 11.9 Å². The molecule has 0 saturated carbocycles. The van der Waals surface area contributed by atoms with Gasteiger partial charge in [0.2, 0.25) is 0 Å². The zero-order chi connectivity index (χ0) is 20.1. The molecule has 1 unspecified atom stereocenters. The summed E-state index contributed by atoms with van der Waals surface area (Å²) in [6.07, 6.45) is 8.78. The fourth-order valence-electron chi connectivity index (χ4n) is 4.16. The van der Waals surface area contributed by atoms with Crippen molar-refractivity contribution in [2.24, 2.45) is 0 Å². The van der Waals surface area contributed by atoms with Crippen molar-refractivity contribution in [1.82, 2.24) is 19.4 Å². The molecule has 3 aromatic rings. The Balaban J connectivity index is 1.52. The number of rotatable bonds is 7. The number of carbonyl (C=O) groups excluding carboxylic acids is 1. The number of piperidine rings is 1. The predicted molar refractivity (Wildman–Crippen MR) is 113 cm³/mol. The molecule has 29 heavy (non-hydrogen) atoms. The molecule has 1 amide bonds. The van der Waals surface area contributed by atoms with Gasteiger partial charge in [-0.25, -0.2) is 9.97 Å². The van der Waals surface area contributed by atoms with Gasteiger partial charge in [-0.3, -0.25) is 4.79 Å². The number of hydrogen-bond donors (Lipinski definition) is 0. The second-order valence-corrected chi connectivity index (χ2v) is 7.71. The molecular weight excluding hydrogens is 364 g/mol. The van der Waals surface area contributed by atoms with Gasteiger partial charge in [0.25, 0.3) is 5.91 Å². The van der Waals surface area contributed by atoms with Crippen molar-refractivity contribution in [2.75, 3.05) is 20.3 Å². The fourth-order valence-corrected chi connectivity index (χ4v) is 4.16. The Bertz CT molecular complexity index is 954. The molecule has 1 fully saturated rings. The van der Waals surface area contributed by atoms with Crippen LogP contribution in [-0.2, 0) is 11.3 Å². The normalized spacial score (nSPS) is 17.0. The molecule has 6 heteroatoms. The lowest BCUT2D eigenvalue weighted by Gasteiger charge is -2.36. The minimum Gasteiger partial charge on any atom is -0.385 e. The van der Waals surface area contributed by atoms with E-state index < -0.39 is 0 Å². The first-order chi connectivity index (χ1) is 14.3. The quantitative estimate of drug-likeness (QED) is 0.572. The summed E-state index contributed by atoms with van der Waals surface area (Å²) in [6.45, 7) is 2.27.